The molecule has 164 valence electrons. The molecule has 0 radical (unpaired) electrons. The number of halogens is 1. The van der Waals surface area contributed by atoms with E-state index in [1.54, 1.807) is 30.9 Å². The SMILES string of the molecule is Brc1cccnc1.C=CC=O.CC.CC.CC.CC.O=CC=Cc1cccnc1. The van der Waals surface area contributed by atoms with E-state index in [1.807, 2.05) is 79.7 Å². The van der Waals surface area contributed by atoms with Crippen molar-refractivity contribution in [3.05, 3.63) is 77.8 Å². The molecule has 0 aliphatic rings. The first kappa shape index (κ1) is 37.4. The lowest BCUT2D eigenvalue weighted by Gasteiger charge is -1.86. The number of allylic oxidation sites excluding steroid dienone is 2. The van der Waals surface area contributed by atoms with Crippen molar-refractivity contribution in [2.75, 3.05) is 0 Å². The summed E-state index contributed by atoms with van der Waals surface area (Å²) in [6.07, 6.45) is 12.6. The van der Waals surface area contributed by atoms with Gasteiger partial charge in [0.2, 0.25) is 0 Å². The minimum atomic E-state index is 0.639. The number of hydrogen-bond acceptors (Lipinski definition) is 4. The normalized spacial score (nSPS) is 7.07. The Balaban J connectivity index is -0.0000000890. The first-order valence-electron chi connectivity index (χ1n) is 9.88. The van der Waals surface area contributed by atoms with Crippen molar-refractivity contribution in [1.82, 2.24) is 9.97 Å². The fourth-order valence-corrected chi connectivity index (χ4v) is 1.24. The number of aldehydes is 2. The standard InChI is InChI=1S/C8H7NO.C5H4BrN.C3H4O.4C2H6/c10-6-2-4-8-3-1-5-9-7-8;6-5-2-1-3-7-4-5;1-2-3-4;4*1-2/h1-7H;1-4H;2-3H,1H2;4*1-2H3. The van der Waals surface area contributed by atoms with Gasteiger partial charge in [0.15, 0.2) is 0 Å². The fourth-order valence-electron chi connectivity index (χ4n) is 0.967. The van der Waals surface area contributed by atoms with Crippen molar-refractivity contribution < 1.29 is 9.59 Å². The average molecular weight is 467 g/mol. The van der Waals surface area contributed by atoms with Gasteiger partial charge in [-0.2, -0.15) is 0 Å². The predicted molar refractivity (Wildman–Crippen MR) is 133 cm³/mol. The minimum absolute atomic E-state index is 0.639. The third-order valence-corrected chi connectivity index (χ3v) is 2.24. The number of nitrogens with zero attached hydrogens (tertiary/aromatic N) is 2. The summed E-state index contributed by atoms with van der Waals surface area (Å²) in [6, 6.07) is 7.52. The zero-order valence-corrected chi connectivity index (χ0v) is 20.9. The molecule has 2 heterocycles. The van der Waals surface area contributed by atoms with Gasteiger partial charge in [-0.05, 0) is 51.8 Å². The van der Waals surface area contributed by atoms with Crippen molar-refractivity contribution in [2.45, 2.75) is 55.4 Å². The number of hydrogen-bond donors (Lipinski definition) is 0. The molecule has 4 nitrogen and oxygen atoms in total. The topological polar surface area (TPSA) is 59.9 Å². The molecule has 0 aliphatic heterocycles. The van der Waals surface area contributed by atoms with Crippen LogP contribution in [0, 0.1) is 0 Å². The maximum absolute atomic E-state index is 9.87. The van der Waals surface area contributed by atoms with Crippen molar-refractivity contribution in [3.63, 3.8) is 0 Å². The highest BCUT2D eigenvalue weighted by Gasteiger charge is 1.80. The predicted octanol–water partition coefficient (Wildman–Crippen LogP) is 7.61. The number of rotatable bonds is 3. The molecule has 2 aromatic rings. The Hall–Kier alpha value is -2.40. The summed E-state index contributed by atoms with van der Waals surface area (Å²) in [5.41, 5.74) is 0.939. The highest BCUT2D eigenvalue weighted by molar-refractivity contribution is 9.10. The van der Waals surface area contributed by atoms with E-state index in [9.17, 15) is 4.79 Å². The van der Waals surface area contributed by atoms with Gasteiger partial charge in [0, 0.05) is 29.3 Å². The second kappa shape index (κ2) is 44.8. The number of carbonyl (C=O) groups excluding carboxylic acids is 2. The van der Waals surface area contributed by atoms with E-state index in [1.165, 1.54) is 12.2 Å². The lowest BCUT2D eigenvalue weighted by atomic mass is 10.3. The highest BCUT2D eigenvalue weighted by Crippen LogP contribution is 2.02. The molecule has 0 aromatic carbocycles. The van der Waals surface area contributed by atoms with Crippen LogP contribution < -0.4 is 0 Å². The Labute approximate surface area is 187 Å². The van der Waals surface area contributed by atoms with Crippen molar-refractivity contribution in [3.8, 4) is 0 Å². The summed E-state index contributed by atoms with van der Waals surface area (Å²) >= 11 is 3.25. The van der Waals surface area contributed by atoms with Crippen LogP contribution in [0.4, 0.5) is 0 Å². The van der Waals surface area contributed by atoms with E-state index in [0.29, 0.717) is 6.29 Å². The molecule has 0 spiro atoms. The average Bonchev–Trinajstić information content (AvgIpc) is 2.84. The molecule has 0 fully saturated rings. The van der Waals surface area contributed by atoms with Gasteiger partial charge in [-0.1, -0.05) is 74.1 Å². The van der Waals surface area contributed by atoms with Crippen LogP contribution in [-0.4, -0.2) is 22.5 Å². The van der Waals surface area contributed by atoms with E-state index in [0.717, 1.165) is 16.3 Å². The number of pyridine rings is 2. The Morgan fingerprint density at radius 2 is 1.24 bits per heavy atom. The lowest BCUT2D eigenvalue weighted by Crippen LogP contribution is -1.72. The zero-order valence-electron chi connectivity index (χ0n) is 19.3. The smallest absolute Gasteiger partial charge is 0.142 e. The number of aromatic nitrogens is 2. The fraction of sp³-hybridized carbons (Fsp3) is 0.333. The Kier molecular flexibility index (Phi) is 57.7. The molecule has 0 amide bonds. The Morgan fingerprint density at radius 3 is 1.48 bits per heavy atom. The van der Waals surface area contributed by atoms with E-state index in [4.69, 9.17) is 4.79 Å². The van der Waals surface area contributed by atoms with Crippen molar-refractivity contribution in [1.29, 1.82) is 0 Å². The van der Waals surface area contributed by atoms with E-state index >= 15 is 0 Å². The first-order valence-corrected chi connectivity index (χ1v) is 10.7. The summed E-state index contributed by atoms with van der Waals surface area (Å²) in [7, 11) is 0. The molecule has 0 saturated heterocycles. The molecular weight excluding hydrogens is 428 g/mol. The van der Waals surface area contributed by atoms with Gasteiger partial charge < -0.3 is 0 Å². The summed E-state index contributed by atoms with van der Waals surface area (Å²) in [5.74, 6) is 0. The van der Waals surface area contributed by atoms with E-state index in [2.05, 4.69) is 32.5 Å². The molecule has 0 saturated carbocycles. The largest absolute Gasteiger partial charge is 0.299 e. The monoisotopic (exact) mass is 466 g/mol. The van der Waals surface area contributed by atoms with Crippen LogP contribution in [0.15, 0.2) is 72.3 Å². The zero-order chi connectivity index (χ0) is 23.8. The van der Waals surface area contributed by atoms with Crippen LogP contribution in [0.3, 0.4) is 0 Å². The lowest BCUT2D eigenvalue weighted by molar-refractivity contribution is -0.104. The van der Waals surface area contributed by atoms with E-state index < -0.39 is 0 Å². The van der Waals surface area contributed by atoms with Crippen LogP contribution in [-0.2, 0) is 9.59 Å². The second-order valence-corrected chi connectivity index (χ2v) is 4.24. The van der Waals surface area contributed by atoms with Crippen LogP contribution >= 0.6 is 15.9 Å². The molecule has 0 unspecified atom stereocenters. The van der Waals surface area contributed by atoms with Gasteiger partial charge in [-0.3, -0.25) is 19.6 Å². The first-order chi connectivity index (χ1) is 14.2. The second-order valence-electron chi connectivity index (χ2n) is 3.32. The molecule has 5 heteroatoms. The van der Waals surface area contributed by atoms with Crippen molar-refractivity contribution in [2.24, 2.45) is 0 Å². The summed E-state index contributed by atoms with van der Waals surface area (Å²) in [6.45, 7) is 19.1. The molecule has 2 aromatic heterocycles. The van der Waals surface area contributed by atoms with Gasteiger partial charge in [0.1, 0.15) is 12.6 Å². The van der Waals surface area contributed by atoms with E-state index in [-0.39, 0.29) is 0 Å². The van der Waals surface area contributed by atoms with Crippen LogP contribution in [0.5, 0.6) is 0 Å². The molecule has 0 aliphatic carbocycles. The quantitative estimate of drug-likeness (QED) is 0.344. The molecule has 0 bridgehead atoms. The van der Waals surface area contributed by atoms with Crippen LogP contribution in [0.1, 0.15) is 61.0 Å². The summed E-state index contributed by atoms with van der Waals surface area (Å²) in [4.78, 5) is 26.6. The van der Waals surface area contributed by atoms with Crippen LogP contribution in [0.25, 0.3) is 6.08 Å². The molecular formula is C24H39BrN2O2. The number of carbonyl (C=O) groups is 2. The maximum atomic E-state index is 9.87. The van der Waals surface area contributed by atoms with Gasteiger partial charge in [0.25, 0.3) is 0 Å². The molecule has 0 N–H and O–H groups in total. The Bertz CT molecular complexity index is 539. The minimum Gasteiger partial charge on any atom is -0.299 e. The maximum Gasteiger partial charge on any atom is 0.142 e. The van der Waals surface area contributed by atoms with Crippen molar-refractivity contribution >= 4 is 34.6 Å². The van der Waals surface area contributed by atoms with Gasteiger partial charge in [-0.25, -0.2) is 0 Å². The summed E-state index contributed by atoms with van der Waals surface area (Å²) in [5, 5.41) is 0. The summed E-state index contributed by atoms with van der Waals surface area (Å²) < 4.78 is 1.02. The third-order valence-electron chi connectivity index (χ3n) is 1.77. The third kappa shape index (κ3) is 41.2. The van der Waals surface area contributed by atoms with Crippen LogP contribution in [0.2, 0.25) is 0 Å². The van der Waals surface area contributed by atoms with Gasteiger partial charge in [-0.15, -0.1) is 0 Å². The Morgan fingerprint density at radius 1 is 0.793 bits per heavy atom. The molecule has 0 atom stereocenters. The molecule has 29 heavy (non-hydrogen) atoms. The molecule has 2 rings (SSSR count). The van der Waals surface area contributed by atoms with Gasteiger partial charge in [0.05, 0.1) is 0 Å². The highest BCUT2D eigenvalue weighted by atomic mass is 79.9. The van der Waals surface area contributed by atoms with Gasteiger partial charge >= 0.3 is 0 Å².